The van der Waals surface area contributed by atoms with Crippen molar-refractivity contribution < 1.29 is 23.7 Å². The van der Waals surface area contributed by atoms with Crippen LogP contribution in [-0.2, 0) is 11.4 Å². The molecule has 2 N–H and O–H groups in total. The summed E-state index contributed by atoms with van der Waals surface area (Å²) in [5, 5.41) is 10.9. The van der Waals surface area contributed by atoms with E-state index >= 15 is 0 Å². The molecule has 1 amide bonds. The predicted molar refractivity (Wildman–Crippen MR) is 151 cm³/mol. The van der Waals surface area contributed by atoms with Crippen LogP contribution in [0.15, 0.2) is 78.3 Å². The summed E-state index contributed by atoms with van der Waals surface area (Å²) >= 11 is 6.27. The number of ether oxygens (including phenoxy) is 4. The van der Waals surface area contributed by atoms with Crippen molar-refractivity contribution >= 4 is 29.1 Å². The lowest BCUT2D eigenvalue weighted by atomic mass is 9.93. The zero-order valence-corrected chi connectivity index (χ0v) is 23.2. The molecule has 0 bridgehead atoms. The van der Waals surface area contributed by atoms with Crippen molar-refractivity contribution in [3.8, 4) is 23.0 Å². The molecule has 0 saturated carbocycles. The number of amides is 1. The summed E-state index contributed by atoms with van der Waals surface area (Å²) in [5.41, 5.74) is 3.04. The molecule has 10 nitrogen and oxygen atoms in total. The highest BCUT2D eigenvalue weighted by Crippen LogP contribution is 2.44. The molecule has 1 atom stereocenters. The smallest absolute Gasteiger partial charge is 0.255 e. The Morgan fingerprint density at radius 1 is 1.00 bits per heavy atom. The van der Waals surface area contributed by atoms with Crippen LogP contribution >= 0.6 is 11.6 Å². The van der Waals surface area contributed by atoms with Gasteiger partial charge in [0.05, 0.1) is 37.6 Å². The van der Waals surface area contributed by atoms with Crippen molar-refractivity contribution in [1.82, 2.24) is 14.8 Å². The summed E-state index contributed by atoms with van der Waals surface area (Å²) in [4.78, 5) is 18.4. The van der Waals surface area contributed by atoms with E-state index in [0.717, 1.165) is 5.56 Å². The van der Waals surface area contributed by atoms with E-state index in [9.17, 15) is 4.79 Å². The lowest BCUT2D eigenvalue weighted by Gasteiger charge is -2.30. The van der Waals surface area contributed by atoms with Crippen molar-refractivity contribution in [3.05, 3.63) is 94.4 Å². The summed E-state index contributed by atoms with van der Waals surface area (Å²) in [6.45, 7) is 2.11. The zero-order valence-electron chi connectivity index (χ0n) is 22.4. The summed E-state index contributed by atoms with van der Waals surface area (Å²) < 4.78 is 24.5. The van der Waals surface area contributed by atoms with Gasteiger partial charge < -0.3 is 29.6 Å². The lowest BCUT2D eigenvalue weighted by Crippen LogP contribution is -2.32. The van der Waals surface area contributed by atoms with E-state index in [1.807, 2.05) is 55.5 Å². The van der Waals surface area contributed by atoms with Crippen molar-refractivity contribution in [3.63, 3.8) is 0 Å². The van der Waals surface area contributed by atoms with Crippen molar-refractivity contribution in [2.75, 3.05) is 32.0 Å². The van der Waals surface area contributed by atoms with Crippen LogP contribution in [-0.4, -0.2) is 42.0 Å². The average molecular weight is 562 g/mol. The third-order valence-electron chi connectivity index (χ3n) is 6.51. The minimum atomic E-state index is -0.695. The highest BCUT2D eigenvalue weighted by Gasteiger charge is 2.36. The maximum absolute atomic E-state index is 14.0. The van der Waals surface area contributed by atoms with Crippen LogP contribution in [0.25, 0.3) is 0 Å². The van der Waals surface area contributed by atoms with Gasteiger partial charge >= 0.3 is 0 Å². The van der Waals surface area contributed by atoms with Gasteiger partial charge in [-0.1, -0.05) is 54.1 Å². The van der Waals surface area contributed by atoms with Crippen molar-refractivity contribution in [1.29, 1.82) is 0 Å². The van der Waals surface area contributed by atoms with Crippen molar-refractivity contribution in [2.45, 2.75) is 19.6 Å². The number of hydrogen-bond donors (Lipinski definition) is 2. The number of aromatic nitrogens is 3. The standard InChI is InChI=1S/C29H28ClN5O5/c1-17-25(28(36)34-21-14-23(38-3)20(30)13-24(21)39-4)26(35-29(33-17)31-16-32-35)19-11-8-12-22(37-2)27(19)40-15-18-9-6-5-7-10-18/h5-14,16,26H,15H2,1-4H3,(H,34,36)(H,31,32,33)/t26-/m0/s1. The normalized spacial score (nSPS) is 14.2. The van der Waals surface area contributed by atoms with E-state index in [-0.39, 0.29) is 0 Å². The molecule has 3 aromatic carbocycles. The molecule has 4 aromatic rings. The molecule has 206 valence electrons. The minimum absolute atomic E-state index is 0.301. The Kier molecular flexibility index (Phi) is 7.79. The first-order valence-electron chi connectivity index (χ1n) is 12.4. The Morgan fingerprint density at radius 2 is 1.75 bits per heavy atom. The van der Waals surface area contributed by atoms with Gasteiger partial charge in [-0.05, 0) is 18.6 Å². The average Bonchev–Trinajstić information content (AvgIpc) is 3.44. The van der Waals surface area contributed by atoms with E-state index in [1.54, 1.807) is 23.9 Å². The fourth-order valence-corrected chi connectivity index (χ4v) is 4.84. The second-order valence-corrected chi connectivity index (χ2v) is 9.30. The molecule has 2 heterocycles. The van der Waals surface area contributed by atoms with Gasteiger partial charge in [-0.25, -0.2) is 4.68 Å². The van der Waals surface area contributed by atoms with Gasteiger partial charge in [-0.3, -0.25) is 4.79 Å². The van der Waals surface area contributed by atoms with Crippen LogP contribution in [0.3, 0.4) is 0 Å². The summed E-state index contributed by atoms with van der Waals surface area (Å²) in [5.74, 6) is 1.88. The quantitative estimate of drug-likeness (QED) is 0.277. The maximum atomic E-state index is 14.0. The van der Waals surface area contributed by atoms with Crippen LogP contribution in [0, 0.1) is 0 Å². The van der Waals surface area contributed by atoms with E-state index in [1.165, 1.54) is 20.5 Å². The first-order valence-corrected chi connectivity index (χ1v) is 12.8. The number of carbonyl (C=O) groups is 1. The first kappa shape index (κ1) is 26.9. The third kappa shape index (κ3) is 5.13. The Morgan fingerprint density at radius 3 is 2.48 bits per heavy atom. The molecule has 1 aromatic heterocycles. The number of anilines is 2. The van der Waals surface area contributed by atoms with Gasteiger partial charge in [0.15, 0.2) is 11.5 Å². The van der Waals surface area contributed by atoms with Crippen LogP contribution in [0.5, 0.6) is 23.0 Å². The molecule has 0 spiro atoms. The van der Waals surface area contributed by atoms with Crippen LogP contribution in [0.1, 0.15) is 24.1 Å². The molecule has 11 heteroatoms. The number of benzene rings is 3. The highest BCUT2D eigenvalue weighted by atomic mass is 35.5. The summed E-state index contributed by atoms with van der Waals surface area (Å²) in [7, 11) is 4.57. The SMILES string of the molecule is COc1cc(NC(=O)C2=C(C)Nc3ncnn3[C@H]2c2cccc(OC)c2OCc2ccccc2)c(OC)cc1Cl. The number of para-hydroxylation sites is 1. The molecule has 0 aliphatic carbocycles. The molecular formula is C29H28ClN5O5. The molecule has 0 unspecified atom stereocenters. The molecule has 0 saturated heterocycles. The highest BCUT2D eigenvalue weighted by molar-refractivity contribution is 6.32. The first-order chi connectivity index (χ1) is 19.4. The molecule has 1 aliphatic rings. The predicted octanol–water partition coefficient (Wildman–Crippen LogP) is 5.46. The van der Waals surface area contributed by atoms with Crippen LogP contribution < -0.4 is 29.6 Å². The number of fused-ring (bicyclic) bond motifs is 1. The number of nitrogens with one attached hydrogen (secondary N) is 2. The van der Waals surface area contributed by atoms with Gasteiger partial charge in [0.2, 0.25) is 5.95 Å². The number of rotatable bonds is 9. The fraction of sp³-hybridized carbons (Fsp3) is 0.207. The Labute approximate surface area is 236 Å². The molecule has 1 aliphatic heterocycles. The number of halogens is 1. The number of nitrogens with zero attached hydrogens (tertiary/aromatic N) is 3. The van der Waals surface area contributed by atoms with Gasteiger partial charge in [0.25, 0.3) is 5.91 Å². The van der Waals surface area contributed by atoms with Crippen LogP contribution in [0.2, 0.25) is 5.02 Å². The summed E-state index contributed by atoms with van der Waals surface area (Å²) in [6, 6.07) is 17.9. The number of allylic oxidation sites excluding steroid dienone is 1. The Balaban J connectivity index is 1.58. The van der Waals surface area contributed by atoms with E-state index in [2.05, 4.69) is 20.7 Å². The monoisotopic (exact) mass is 561 g/mol. The Bertz CT molecular complexity index is 1570. The van der Waals surface area contributed by atoms with Crippen LogP contribution in [0.4, 0.5) is 11.6 Å². The zero-order chi connectivity index (χ0) is 28.2. The van der Waals surface area contributed by atoms with E-state index in [4.69, 9.17) is 30.5 Å². The number of hydrogen-bond acceptors (Lipinski definition) is 8. The Hall–Kier alpha value is -4.70. The van der Waals surface area contributed by atoms with E-state index in [0.29, 0.717) is 63.1 Å². The molecule has 0 fully saturated rings. The van der Waals surface area contributed by atoms with Gasteiger partial charge in [0, 0.05) is 23.4 Å². The van der Waals surface area contributed by atoms with Gasteiger partial charge in [-0.2, -0.15) is 10.1 Å². The number of methoxy groups -OCH3 is 3. The fourth-order valence-electron chi connectivity index (χ4n) is 4.61. The largest absolute Gasteiger partial charge is 0.495 e. The van der Waals surface area contributed by atoms with Gasteiger partial charge in [0.1, 0.15) is 30.5 Å². The number of carbonyl (C=O) groups excluding carboxylic acids is 1. The molecule has 5 rings (SSSR count). The minimum Gasteiger partial charge on any atom is -0.495 e. The molecule has 40 heavy (non-hydrogen) atoms. The third-order valence-corrected chi connectivity index (χ3v) is 6.81. The molecular weight excluding hydrogens is 534 g/mol. The second kappa shape index (κ2) is 11.6. The molecule has 0 radical (unpaired) electrons. The second-order valence-electron chi connectivity index (χ2n) is 8.89. The maximum Gasteiger partial charge on any atom is 0.255 e. The summed E-state index contributed by atoms with van der Waals surface area (Å²) in [6.07, 6.45) is 1.43. The van der Waals surface area contributed by atoms with Crippen molar-refractivity contribution in [2.24, 2.45) is 0 Å². The topological polar surface area (TPSA) is 109 Å². The lowest BCUT2D eigenvalue weighted by molar-refractivity contribution is -0.113. The van der Waals surface area contributed by atoms with Gasteiger partial charge in [-0.15, -0.1) is 0 Å². The van der Waals surface area contributed by atoms with E-state index < -0.39 is 11.9 Å².